The summed E-state index contributed by atoms with van der Waals surface area (Å²) >= 11 is 0. The fourth-order valence-corrected chi connectivity index (χ4v) is 21.2. The van der Waals surface area contributed by atoms with Crippen LogP contribution in [0, 0.1) is 107 Å². The molecule has 28 rings (SSSR count). The van der Waals surface area contributed by atoms with Gasteiger partial charge in [-0.3, -0.25) is 29.5 Å². The summed E-state index contributed by atoms with van der Waals surface area (Å²) in [5.41, 5.74) is 35.5. The molecular formula is C125H122Ir4N6O4-6. The summed E-state index contributed by atoms with van der Waals surface area (Å²) < 4.78 is 0. The van der Waals surface area contributed by atoms with Crippen LogP contribution in [0.25, 0.3) is 111 Å². The maximum Gasteiger partial charge on any atom is 0.162 e. The first-order valence-electron chi connectivity index (χ1n) is 48.9. The maximum absolute atomic E-state index is 11.7. The molecule has 4 fully saturated rings. The molecule has 0 unspecified atom stereocenters. The van der Waals surface area contributed by atoms with E-state index in [0.717, 1.165) is 168 Å². The van der Waals surface area contributed by atoms with Crippen molar-refractivity contribution in [3.05, 3.63) is 394 Å². The van der Waals surface area contributed by atoms with E-state index in [0.29, 0.717) is 0 Å². The van der Waals surface area contributed by atoms with E-state index in [1.165, 1.54) is 147 Å². The topological polar surface area (TPSA) is 152 Å². The molecule has 139 heavy (non-hydrogen) atoms. The van der Waals surface area contributed by atoms with Crippen molar-refractivity contribution in [3.63, 3.8) is 0 Å². The molecular weight excluding hydrogens is 2420 g/mol. The van der Waals surface area contributed by atoms with Crippen LogP contribution in [0.2, 0.25) is 0 Å². The molecule has 4 radical (unpaired) electrons. The zero-order valence-corrected chi connectivity index (χ0v) is 90.9. The molecule has 12 aliphatic carbocycles. The number of hydrogen-bond acceptors (Lipinski definition) is 10. The first-order chi connectivity index (χ1) is 65.6. The predicted octanol–water partition coefficient (Wildman–Crippen LogP) is 30.5. The fourth-order valence-electron chi connectivity index (χ4n) is 21.2. The van der Waals surface area contributed by atoms with E-state index in [2.05, 4.69) is 208 Å². The summed E-state index contributed by atoms with van der Waals surface area (Å²) in [6, 6.07) is 108. The molecule has 10 aromatic carbocycles. The third-order valence-corrected chi connectivity index (χ3v) is 28.4. The van der Waals surface area contributed by atoms with Gasteiger partial charge in [0.1, 0.15) is 0 Å². The summed E-state index contributed by atoms with van der Waals surface area (Å²) in [5.74, 6) is 7.49. The second-order valence-electron chi connectivity index (χ2n) is 38.6. The number of allylic oxidation sites excluding steroid dienone is 4. The van der Waals surface area contributed by atoms with Gasteiger partial charge >= 0.3 is 0 Å². The number of benzene rings is 10. The molecule has 0 aliphatic heterocycles. The summed E-state index contributed by atoms with van der Waals surface area (Å²) in [7, 11) is 0. The number of pyridine rings is 6. The van der Waals surface area contributed by atoms with Crippen molar-refractivity contribution >= 4 is 55.2 Å². The van der Waals surface area contributed by atoms with Crippen LogP contribution in [0.4, 0.5) is 0 Å². The van der Waals surface area contributed by atoms with Crippen molar-refractivity contribution in [1.29, 1.82) is 0 Å². The Bertz CT molecular complexity index is 6740. The number of aryl methyl sites for hydroxylation is 5. The van der Waals surface area contributed by atoms with Crippen LogP contribution < -0.4 is 0 Å². The van der Waals surface area contributed by atoms with Crippen LogP contribution in [0.5, 0.6) is 0 Å². The second kappa shape index (κ2) is 49.0. The predicted molar refractivity (Wildman–Crippen MR) is 552 cm³/mol. The van der Waals surface area contributed by atoms with E-state index in [9.17, 15) is 14.7 Å². The minimum atomic E-state index is -0.125. The van der Waals surface area contributed by atoms with Gasteiger partial charge in [-0.15, -0.1) is 213 Å². The smallest absolute Gasteiger partial charge is 0.162 e. The first-order valence-corrected chi connectivity index (χ1v) is 48.9. The van der Waals surface area contributed by atoms with Gasteiger partial charge in [-0.2, -0.15) is 0 Å². The number of aliphatic hydroxyl groups excluding tert-OH is 2. The fraction of sp³-hybridized carbons (Fsp3) is 0.296. The van der Waals surface area contributed by atoms with Gasteiger partial charge in [0.2, 0.25) is 0 Å². The Kier molecular flexibility index (Phi) is 37.2. The van der Waals surface area contributed by atoms with Crippen LogP contribution >= 0.6 is 0 Å². The minimum Gasteiger partial charge on any atom is -0.512 e. The Hall–Kier alpha value is -10.8. The molecule has 14 heteroatoms. The molecule has 0 atom stereocenters. The van der Waals surface area contributed by atoms with Crippen molar-refractivity contribution in [2.45, 2.75) is 203 Å². The van der Waals surface area contributed by atoms with E-state index in [4.69, 9.17) is 25.0 Å². The maximum atomic E-state index is 11.7. The second-order valence-corrected chi connectivity index (χ2v) is 38.6. The summed E-state index contributed by atoms with van der Waals surface area (Å²) in [6.45, 7) is 21.4. The summed E-state index contributed by atoms with van der Waals surface area (Å²) in [6.07, 6.45) is 24.1. The normalized spacial score (nSPS) is 17.8. The van der Waals surface area contributed by atoms with Gasteiger partial charge in [0, 0.05) is 116 Å². The zero-order valence-electron chi connectivity index (χ0n) is 81.3. The van der Waals surface area contributed by atoms with Gasteiger partial charge in [-0.05, 0) is 332 Å². The van der Waals surface area contributed by atoms with Crippen LogP contribution in [-0.2, 0) is 116 Å². The van der Waals surface area contributed by atoms with Gasteiger partial charge in [0.25, 0.3) is 0 Å². The van der Waals surface area contributed by atoms with Crippen molar-refractivity contribution in [2.24, 2.45) is 35.5 Å². The van der Waals surface area contributed by atoms with E-state index in [-0.39, 0.29) is 115 Å². The number of ketones is 2. The van der Waals surface area contributed by atoms with Crippen LogP contribution in [0.1, 0.15) is 215 Å². The molecule has 0 amide bonds. The number of nitrogens with zero attached hydrogens (tertiary/aromatic N) is 6. The molecule has 2 N–H and O–H groups in total. The standard InChI is InChI=1S/2C22H20N.2C20H16N.C13H24O2.C12H10N.C11H8N.C5H8O2.4Ir/c1-13-5-14(2)7-19(6-13)21-4-3-16-11-20-17-8-15(9-17)10-18(20)12-22(16)23-21;1-13-5-14(2)7-19(6-13)21-4-3-16-11-18-10-15-8-17(9-15)20(18)12-22(16)23-21;2*1-2-4-14(5-3-1)19-7-6-15-11-17-10-13-8-16(9-13)18(17)12-20(15)21-19;1-5-10(6-2)12(14)9-13(15)11(7-3)8-4;1-10-6-5-9-12(13-10)11-7-3-2-4-8-11;1-2-6-10(7-3-1)11-8-4-5-9-12-11;1-4(6)3-5(2)7;;;;/h2*3-6,11-12,15,17H,8-10H2,1-2H3;2*1-4,6-7,11-13,16H,8-10H2;9-11,14H,5-8H2,1-4H3;2-7,9H,1H3;1-6,8-9H;3,6H,1-2H3;;;;/q4*-1;;2*-1;;;;;. The number of fused-ring (bicyclic) bond motifs is 4. The largest absolute Gasteiger partial charge is 0.512 e. The SMILES string of the molecule is CC(=O)C=C(C)O.CCC(CC)C(=O)C=C(O)C(CC)CC.Cc1[c-]c(-c2ccc3cc4c(cc3n2)C2CC(C4)C2)cc(C)c1.Cc1[c-]c(-c2ccc3cc4c(cc3n2)CC2CC4C2)cc(C)c1.Cc1cccc(-c2[c-]cccc2)n1.[Ir].[Ir].[Ir].[Ir].[c-]1ccccc1-c1ccc2cc3c(cc2n1)C1CC(C3)C1.[c-]1ccccc1-c1ccc2cc3c(cc2n1)C1CC(C3)C1.[c-]1ccccc1-c1ccccn1. The van der Waals surface area contributed by atoms with Gasteiger partial charge in [-0.1, -0.05) is 128 Å². The van der Waals surface area contributed by atoms with Gasteiger partial charge in [-0.25, -0.2) is 0 Å². The minimum absolute atomic E-state index is 0. The summed E-state index contributed by atoms with van der Waals surface area (Å²) in [4.78, 5) is 50.0. The Balaban J connectivity index is 0.000000136. The molecule has 0 spiro atoms. The van der Waals surface area contributed by atoms with Crippen molar-refractivity contribution in [1.82, 2.24) is 29.9 Å². The average Bonchev–Trinajstić information content (AvgIpc) is 0.759. The van der Waals surface area contributed by atoms with Crippen LogP contribution in [0.3, 0.4) is 0 Å². The molecule has 12 aliphatic rings. The number of aliphatic hydroxyl groups is 2. The zero-order chi connectivity index (χ0) is 93.8. The molecule has 6 aromatic heterocycles. The average molecular weight is 2540 g/mol. The Labute approximate surface area is 876 Å². The third-order valence-electron chi connectivity index (χ3n) is 28.4. The van der Waals surface area contributed by atoms with E-state index in [1.54, 1.807) is 50.7 Å². The van der Waals surface area contributed by atoms with E-state index in [1.807, 2.05) is 156 Å². The molecule has 16 aromatic rings. The van der Waals surface area contributed by atoms with E-state index >= 15 is 0 Å². The number of aromatic nitrogens is 6. The van der Waals surface area contributed by atoms with Crippen molar-refractivity contribution < 1.29 is 100 Å². The monoisotopic (exact) mass is 2540 g/mol. The molecule has 6 heterocycles. The van der Waals surface area contributed by atoms with Crippen LogP contribution in [0.15, 0.2) is 285 Å². The number of rotatable bonds is 14. The number of hydrogen-bond donors (Lipinski definition) is 2. The van der Waals surface area contributed by atoms with Gasteiger partial charge in [0.15, 0.2) is 11.6 Å². The van der Waals surface area contributed by atoms with E-state index < -0.39 is 0 Å². The molecule has 0 saturated heterocycles. The Morgan fingerprint density at radius 3 is 1.00 bits per heavy atom. The number of carbonyl (C=O) groups is 2. The first kappa shape index (κ1) is 105. The molecule has 10 nitrogen and oxygen atoms in total. The Morgan fingerprint density at radius 2 is 0.676 bits per heavy atom. The third kappa shape index (κ3) is 26.3. The summed E-state index contributed by atoms with van der Waals surface area (Å²) in [5, 5.41) is 23.2. The van der Waals surface area contributed by atoms with Gasteiger partial charge in [0.05, 0.1) is 33.6 Å². The van der Waals surface area contributed by atoms with Crippen molar-refractivity contribution in [2.75, 3.05) is 0 Å². The molecule has 8 bridgehead atoms. The quantitative estimate of drug-likeness (QED) is 0.0611. The van der Waals surface area contributed by atoms with Crippen LogP contribution in [-0.4, -0.2) is 51.7 Å². The molecule has 4 saturated carbocycles. The Morgan fingerprint density at radius 1 is 0.345 bits per heavy atom. The van der Waals surface area contributed by atoms with Crippen molar-refractivity contribution in [3.8, 4) is 67.5 Å². The molecule has 718 valence electrons. The number of carbonyl (C=O) groups excluding carboxylic acids is 2. The van der Waals surface area contributed by atoms with Gasteiger partial charge < -0.3 is 20.2 Å².